The van der Waals surface area contributed by atoms with Gasteiger partial charge in [0.1, 0.15) is 29.2 Å². The highest BCUT2D eigenvalue weighted by atomic mass is 32.2. The quantitative estimate of drug-likeness (QED) is 0.520. The molecule has 2 aromatic carbocycles. The van der Waals surface area contributed by atoms with Gasteiger partial charge in [0.15, 0.2) is 0 Å². The van der Waals surface area contributed by atoms with Crippen LogP contribution in [0, 0.1) is 23.6 Å². The molecule has 0 bridgehead atoms. The number of nitrogens with zero attached hydrogens (tertiary/aromatic N) is 2. The molecule has 0 saturated carbocycles. The van der Waals surface area contributed by atoms with E-state index in [9.17, 15) is 26.3 Å². The highest BCUT2D eigenvalue weighted by Crippen LogP contribution is 2.34. The van der Waals surface area contributed by atoms with Crippen LogP contribution in [0.3, 0.4) is 0 Å². The van der Waals surface area contributed by atoms with Gasteiger partial charge in [0.05, 0.1) is 18.0 Å². The van der Waals surface area contributed by atoms with Gasteiger partial charge in [-0.25, -0.2) is 21.2 Å². The van der Waals surface area contributed by atoms with Crippen LogP contribution in [0.25, 0.3) is 0 Å². The van der Waals surface area contributed by atoms with Gasteiger partial charge in [-0.1, -0.05) is 24.8 Å². The topological polar surface area (TPSA) is 113 Å². The highest BCUT2D eigenvalue weighted by molar-refractivity contribution is 7.89. The van der Waals surface area contributed by atoms with E-state index < -0.39 is 50.5 Å². The number of sulfonamides is 2. The number of aliphatic hydroxyl groups excluding tert-OH is 1. The van der Waals surface area contributed by atoms with Crippen molar-refractivity contribution in [1.82, 2.24) is 8.61 Å². The van der Waals surface area contributed by atoms with E-state index in [0.29, 0.717) is 5.56 Å². The van der Waals surface area contributed by atoms with E-state index in [0.717, 1.165) is 16.4 Å². The lowest BCUT2D eigenvalue weighted by Crippen LogP contribution is -2.50. The van der Waals surface area contributed by atoms with Crippen molar-refractivity contribution in [3.8, 4) is 17.6 Å². The number of hydrogen-bond acceptors (Lipinski definition) is 7. The molecule has 0 aliphatic carbocycles. The lowest BCUT2D eigenvalue weighted by Gasteiger charge is -2.37. The van der Waals surface area contributed by atoms with E-state index in [2.05, 4.69) is 11.8 Å². The molecule has 1 aliphatic heterocycles. The van der Waals surface area contributed by atoms with Crippen LogP contribution >= 0.6 is 0 Å². The summed E-state index contributed by atoms with van der Waals surface area (Å²) in [6.07, 6.45) is -0.779. The van der Waals surface area contributed by atoms with E-state index >= 15 is 0 Å². The molecule has 0 saturated heterocycles. The summed E-state index contributed by atoms with van der Waals surface area (Å²) in [5, 5.41) is 9.76. The number of aliphatic hydroxyl groups is 1. The number of methoxy groups -OCH3 is 1. The minimum Gasteiger partial charge on any atom is -0.487 e. The first kappa shape index (κ1) is 29.0. The Morgan fingerprint density at radius 2 is 2.03 bits per heavy atom. The average molecular weight is 555 g/mol. The van der Waals surface area contributed by atoms with Crippen LogP contribution in [0.5, 0.6) is 5.75 Å². The molecule has 1 heterocycles. The molecule has 37 heavy (non-hydrogen) atoms. The van der Waals surface area contributed by atoms with Crippen LogP contribution in [-0.2, 0) is 24.8 Å². The molecule has 1 aliphatic rings. The van der Waals surface area contributed by atoms with E-state index in [4.69, 9.17) is 9.47 Å². The van der Waals surface area contributed by atoms with Crippen LogP contribution in [-0.4, -0.2) is 83.2 Å². The molecule has 0 aromatic heterocycles. The third-order valence-corrected chi connectivity index (χ3v) is 9.90. The van der Waals surface area contributed by atoms with Gasteiger partial charge in [0.2, 0.25) is 20.0 Å². The van der Waals surface area contributed by atoms with Crippen molar-refractivity contribution in [2.75, 3.05) is 40.5 Å². The fourth-order valence-electron chi connectivity index (χ4n) is 3.89. The SMILES string of the molecule is COCC#Cc1ccc2c(c1)O[C@@H](CN(C)S(=O)(=O)c1cccc(F)c1)[C@@H](C)CN([C@@H](C)CO)S2(=O)=O. The highest BCUT2D eigenvalue weighted by Gasteiger charge is 2.39. The average Bonchev–Trinajstić information content (AvgIpc) is 2.85. The second-order valence-corrected chi connectivity index (χ2v) is 12.8. The Hall–Kier alpha value is -2.53. The Morgan fingerprint density at radius 3 is 2.68 bits per heavy atom. The van der Waals surface area contributed by atoms with E-state index in [1.54, 1.807) is 19.9 Å². The maximum atomic E-state index is 13.7. The van der Waals surface area contributed by atoms with Gasteiger partial charge in [0.25, 0.3) is 0 Å². The normalized spacial score (nSPS) is 20.6. The molecule has 9 nitrogen and oxygen atoms in total. The zero-order valence-corrected chi connectivity index (χ0v) is 22.7. The predicted molar refractivity (Wildman–Crippen MR) is 135 cm³/mol. The summed E-state index contributed by atoms with van der Waals surface area (Å²) in [5.74, 6) is 4.53. The largest absolute Gasteiger partial charge is 0.487 e. The number of fused-ring (bicyclic) bond motifs is 1. The number of halogens is 1. The van der Waals surface area contributed by atoms with Crippen molar-refractivity contribution in [3.05, 3.63) is 53.8 Å². The summed E-state index contributed by atoms with van der Waals surface area (Å²) in [6, 6.07) is 8.40. The van der Waals surface area contributed by atoms with E-state index in [1.807, 2.05) is 0 Å². The molecule has 3 rings (SSSR count). The van der Waals surface area contributed by atoms with Crippen molar-refractivity contribution in [1.29, 1.82) is 0 Å². The number of benzene rings is 2. The van der Waals surface area contributed by atoms with Crippen molar-refractivity contribution < 1.29 is 35.8 Å². The molecule has 3 atom stereocenters. The van der Waals surface area contributed by atoms with E-state index in [1.165, 1.54) is 42.7 Å². The Morgan fingerprint density at radius 1 is 1.30 bits per heavy atom. The van der Waals surface area contributed by atoms with Gasteiger partial charge in [-0.05, 0) is 43.3 Å². The lowest BCUT2D eigenvalue weighted by molar-refractivity contribution is 0.0904. The molecular formula is C25H31FN2O7S2. The van der Waals surface area contributed by atoms with Crippen molar-refractivity contribution in [2.45, 2.75) is 35.8 Å². The maximum Gasteiger partial charge on any atom is 0.247 e. The minimum absolute atomic E-state index is 0.0165. The van der Waals surface area contributed by atoms with Gasteiger partial charge < -0.3 is 14.6 Å². The Kier molecular flexibility index (Phi) is 9.33. The predicted octanol–water partition coefficient (Wildman–Crippen LogP) is 1.91. The third-order valence-electron chi connectivity index (χ3n) is 6.06. The van der Waals surface area contributed by atoms with Crippen LogP contribution < -0.4 is 4.74 Å². The lowest BCUT2D eigenvalue weighted by atomic mass is 10.0. The fraction of sp³-hybridized carbons (Fsp3) is 0.440. The molecule has 0 radical (unpaired) electrons. The van der Waals surface area contributed by atoms with Gasteiger partial charge in [-0.15, -0.1) is 0 Å². The van der Waals surface area contributed by atoms with Crippen LogP contribution in [0.1, 0.15) is 19.4 Å². The van der Waals surface area contributed by atoms with Crippen molar-refractivity contribution in [3.63, 3.8) is 0 Å². The summed E-state index contributed by atoms with van der Waals surface area (Å²) in [6.45, 7) is 2.96. The first-order valence-corrected chi connectivity index (χ1v) is 14.4. The molecule has 202 valence electrons. The zero-order chi connectivity index (χ0) is 27.4. The second-order valence-electron chi connectivity index (χ2n) is 8.88. The Labute approximate surface area is 217 Å². The third kappa shape index (κ3) is 6.49. The second kappa shape index (κ2) is 11.9. The first-order valence-electron chi connectivity index (χ1n) is 11.5. The molecule has 0 unspecified atom stereocenters. The molecular weight excluding hydrogens is 523 g/mol. The van der Waals surface area contributed by atoms with Crippen LogP contribution in [0.2, 0.25) is 0 Å². The van der Waals surface area contributed by atoms with Gasteiger partial charge >= 0.3 is 0 Å². The zero-order valence-electron chi connectivity index (χ0n) is 21.1. The summed E-state index contributed by atoms with van der Waals surface area (Å²) >= 11 is 0. The number of hydrogen-bond donors (Lipinski definition) is 1. The number of rotatable bonds is 7. The summed E-state index contributed by atoms with van der Waals surface area (Å²) < 4.78 is 80.4. The molecule has 12 heteroatoms. The molecule has 0 fully saturated rings. The minimum atomic E-state index is -4.06. The summed E-state index contributed by atoms with van der Waals surface area (Å²) in [4.78, 5) is -0.319. The van der Waals surface area contributed by atoms with Gasteiger partial charge in [-0.2, -0.15) is 8.61 Å². The molecule has 1 N–H and O–H groups in total. The van der Waals surface area contributed by atoms with Crippen LogP contribution in [0.4, 0.5) is 4.39 Å². The van der Waals surface area contributed by atoms with Crippen molar-refractivity contribution >= 4 is 20.0 Å². The Bertz CT molecular complexity index is 1390. The standard InChI is InChI=1S/C25H31FN2O7S2/c1-18-15-28(19(2)17-29)37(32,33)25-11-10-20(7-6-12-34-4)13-23(25)35-24(18)16-27(3)36(30,31)22-9-5-8-21(26)14-22/h5,8-11,13-14,18-19,24,29H,12,15-17H2,1-4H3/t18-,19-,24-/m0/s1. The summed E-state index contributed by atoms with van der Waals surface area (Å²) in [5.41, 5.74) is 0.487. The Balaban J connectivity index is 2.05. The smallest absolute Gasteiger partial charge is 0.247 e. The van der Waals surface area contributed by atoms with E-state index in [-0.39, 0.29) is 35.2 Å². The fourth-order valence-corrected chi connectivity index (χ4v) is 6.93. The molecule has 0 amide bonds. The molecule has 2 aromatic rings. The first-order chi connectivity index (χ1) is 17.4. The monoisotopic (exact) mass is 554 g/mol. The molecule has 0 spiro atoms. The maximum absolute atomic E-state index is 13.7. The van der Waals surface area contributed by atoms with Gasteiger partial charge in [-0.3, -0.25) is 0 Å². The van der Waals surface area contributed by atoms with Crippen molar-refractivity contribution in [2.24, 2.45) is 5.92 Å². The summed E-state index contributed by atoms with van der Waals surface area (Å²) in [7, 11) is -5.26. The van der Waals surface area contributed by atoms with Gasteiger partial charge in [0, 0.05) is 38.2 Å². The number of likely N-dealkylation sites (N-methyl/N-ethyl adjacent to an activating group) is 1. The number of ether oxygens (including phenoxy) is 2. The van der Waals surface area contributed by atoms with Crippen LogP contribution in [0.15, 0.2) is 52.3 Å².